The van der Waals surface area contributed by atoms with Crippen LogP contribution in [0.4, 0.5) is 0 Å². The third-order valence-corrected chi connectivity index (χ3v) is 3.32. The van der Waals surface area contributed by atoms with Gasteiger partial charge in [-0.15, -0.1) is 0 Å². The van der Waals surface area contributed by atoms with Crippen LogP contribution in [0.2, 0.25) is 5.02 Å². The van der Waals surface area contributed by atoms with Gasteiger partial charge in [0.15, 0.2) is 0 Å². The number of nitrogens with two attached hydrogens (primary N) is 1. The molecule has 0 saturated heterocycles. The maximum Gasteiger partial charge on any atom is 0.0837 e. The molecule has 1 unspecified atom stereocenters. The van der Waals surface area contributed by atoms with Gasteiger partial charge in [0.2, 0.25) is 0 Å². The standard InChI is InChI=1S/C10H12ClN3S/c1-2-14-10(8(11)5-13-14)9(12)7-3-4-15-6-7/h3-6,9H,2,12H2,1H3. The Morgan fingerprint density at radius 3 is 3.07 bits per heavy atom. The molecule has 0 aromatic carbocycles. The first kappa shape index (κ1) is 10.7. The number of nitrogens with zero attached hydrogens (tertiary/aromatic N) is 2. The molecular formula is C10H12ClN3S. The molecular weight excluding hydrogens is 230 g/mol. The Balaban J connectivity index is 2.40. The van der Waals surface area contributed by atoms with E-state index < -0.39 is 0 Å². The molecule has 0 radical (unpaired) electrons. The summed E-state index contributed by atoms with van der Waals surface area (Å²) in [6.07, 6.45) is 1.65. The third kappa shape index (κ3) is 1.93. The Morgan fingerprint density at radius 1 is 1.67 bits per heavy atom. The maximum atomic E-state index is 6.14. The second-order valence-corrected chi connectivity index (χ2v) is 4.42. The predicted molar refractivity (Wildman–Crippen MR) is 63.3 cm³/mol. The van der Waals surface area contributed by atoms with E-state index in [4.69, 9.17) is 17.3 Å². The number of rotatable bonds is 3. The van der Waals surface area contributed by atoms with Crippen LogP contribution >= 0.6 is 22.9 Å². The molecule has 2 heterocycles. The van der Waals surface area contributed by atoms with Crippen molar-refractivity contribution in [2.75, 3.05) is 0 Å². The summed E-state index contributed by atoms with van der Waals surface area (Å²) in [4.78, 5) is 0. The molecule has 0 spiro atoms. The van der Waals surface area contributed by atoms with Crippen LogP contribution in [0.3, 0.4) is 0 Å². The Bertz CT molecular complexity index is 435. The van der Waals surface area contributed by atoms with Gasteiger partial charge in [-0.25, -0.2) is 0 Å². The topological polar surface area (TPSA) is 43.8 Å². The highest BCUT2D eigenvalue weighted by Gasteiger charge is 2.17. The zero-order valence-corrected chi connectivity index (χ0v) is 9.92. The Labute approximate surface area is 97.5 Å². The lowest BCUT2D eigenvalue weighted by Crippen LogP contribution is -2.16. The molecule has 2 rings (SSSR count). The highest BCUT2D eigenvalue weighted by Crippen LogP contribution is 2.27. The average molecular weight is 242 g/mol. The van der Waals surface area contributed by atoms with Gasteiger partial charge in [0, 0.05) is 6.54 Å². The lowest BCUT2D eigenvalue weighted by molar-refractivity contribution is 0.601. The quantitative estimate of drug-likeness (QED) is 0.898. The maximum absolute atomic E-state index is 6.14. The first-order chi connectivity index (χ1) is 7.24. The number of aryl methyl sites for hydroxylation is 1. The van der Waals surface area contributed by atoms with E-state index in [-0.39, 0.29) is 6.04 Å². The van der Waals surface area contributed by atoms with Crippen molar-refractivity contribution in [3.63, 3.8) is 0 Å². The lowest BCUT2D eigenvalue weighted by Gasteiger charge is -2.12. The fraction of sp³-hybridized carbons (Fsp3) is 0.300. The Kier molecular flexibility index (Phi) is 3.09. The van der Waals surface area contributed by atoms with Gasteiger partial charge in [-0.1, -0.05) is 11.6 Å². The molecule has 80 valence electrons. The average Bonchev–Trinajstić information content (AvgIpc) is 2.85. The summed E-state index contributed by atoms with van der Waals surface area (Å²) >= 11 is 7.71. The summed E-state index contributed by atoms with van der Waals surface area (Å²) in [7, 11) is 0. The molecule has 5 heteroatoms. The van der Waals surface area contributed by atoms with E-state index in [0.29, 0.717) is 5.02 Å². The molecule has 0 amide bonds. The summed E-state index contributed by atoms with van der Waals surface area (Å²) in [5.41, 5.74) is 8.11. The van der Waals surface area contributed by atoms with E-state index in [0.717, 1.165) is 17.8 Å². The van der Waals surface area contributed by atoms with Crippen molar-refractivity contribution in [3.05, 3.63) is 39.3 Å². The molecule has 0 aliphatic carbocycles. The molecule has 15 heavy (non-hydrogen) atoms. The highest BCUT2D eigenvalue weighted by atomic mass is 35.5. The van der Waals surface area contributed by atoms with Crippen LogP contribution in [-0.2, 0) is 6.54 Å². The van der Waals surface area contributed by atoms with Gasteiger partial charge in [0.05, 0.1) is 23.0 Å². The van der Waals surface area contributed by atoms with Gasteiger partial charge in [0.1, 0.15) is 0 Å². The summed E-state index contributed by atoms with van der Waals surface area (Å²) in [5, 5.41) is 8.85. The summed E-state index contributed by atoms with van der Waals surface area (Å²) in [6.45, 7) is 2.80. The summed E-state index contributed by atoms with van der Waals surface area (Å²) in [6, 6.07) is 1.82. The van der Waals surface area contributed by atoms with Gasteiger partial charge in [0.25, 0.3) is 0 Å². The second kappa shape index (κ2) is 4.35. The van der Waals surface area contributed by atoms with Gasteiger partial charge in [-0.3, -0.25) is 4.68 Å². The minimum Gasteiger partial charge on any atom is -0.319 e. The molecule has 3 nitrogen and oxygen atoms in total. The second-order valence-electron chi connectivity index (χ2n) is 3.23. The van der Waals surface area contributed by atoms with Crippen molar-refractivity contribution in [1.29, 1.82) is 0 Å². The number of hydrogen-bond donors (Lipinski definition) is 1. The molecule has 2 aromatic rings. The number of halogens is 1. The van der Waals surface area contributed by atoms with Crippen molar-refractivity contribution >= 4 is 22.9 Å². The molecule has 0 aliphatic heterocycles. The molecule has 0 bridgehead atoms. The van der Waals surface area contributed by atoms with E-state index in [9.17, 15) is 0 Å². The molecule has 1 atom stereocenters. The van der Waals surface area contributed by atoms with Crippen LogP contribution in [0, 0.1) is 0 Å². The molecule has 2 N–H and O–H groups in total. The largest absolute Gasteiger partial charge is 0.319 e. The molecule has 0 aliphatic rings. The van der Waals surface area contributed by atoms with Crippen molar-refractivity contribution < 1.29 is 0 Å². The Morgan fingerprint density at radius 2 is 2.47 bits per heavy atom. The minimum absolute atomic E-state index is 0.189. The zero-order chi connectivity index (χ0) is 10.8. The van der Waals surface area contributed by atoms with Crippen LogP contribution in [0.5, 0.6) is 0 Å². The van der Waals surface area contributed by atoms with Crippen LogP contribution in [0.15, 0.2) is 23.0 Å². The fourth-order valence-corrected chi connectivity index (χ4v) is 2.50. The lowest BCUT2D eigenvalue weighted by atomic mass is 10.1. The molecule has 0 saturated carbocycles. The van der Waals surface area contributed by atoms with Crippen molar-refractivity contribution in [2.45, 2.75) is 19.5 Å². The van der Waals surface area contributed by atoms with E-state index in [1.54, 1.807) is 17.5 Å². The fourth-order valence-electron chi connectivity index (χ4n) is 1.54. The van der Waals surface area contributed by atoms with Crippen molar-refractivity contribution in [3.8, 4) is 0 Å². The number of aromatic nitrogens is 2. The van der Waals surface area contributed by atoms with E-state index in [1.165, 1.54) is 0 Å². The van der Waals surface area contributed by atoms with Gasteiger partial charge >= 0.3 is 0 Å². The highest BCUT2D eigenvalue weighted by molar-refractivity contribution is 7.08. The van der Waals surface area contributed by atoms with Gasteiger partial charge in [-0.05, 0) is 29.3 Å². The first-order valence-corrected chi connectivity index (χ1v) is 6.05. The third-order valence-electron chi connectivity index (χ3n) is 2.33. The first-order valence-electron chi connectivity index (χ1n) is 4.73. The van der Waals surface area contributed by atoms with Crippen molar-refractivity contribution in [2.24, 2.45) is 5.73 Å². The van der Waals surface area contributed by atoms with Crippen LogP contribution in [0.1, 0.15) is 24.2 Å². The SMILES string of the molecule is CCn1ncc(Cl)c1C(N)c1ccsc1. The smallest absolute Gasteiger partial charge is 0.0837 e. The zero-order valence-electron chi connectivity index (χ0n) is 8.35. The molecule has 0 fully saturated rings. The Hall–Kier alpha value is -0.840. The molecule has 2 aromatic heterocycles. The van der Waals surface area contributed by atoms with E-state index in [1.807, 2.05) is 28.4 Å². The summed E-state index contributed by atoms with van der Waals surface area (Å²) < 4.78 is 1.84. The predicted octanol–water partition coefficient (Wildman–Crippen LogP) is 2.67. The van der Waals surface area contributed by atoms with E-state index in [2.05, 4.69) is 5.10 Å². The van der Waals surface area contributed by atoms with Crippen LogP contribution in [-0.4, -0.2) is 9.78 Å². The van der Waals surface area contributed by atoms with Crippen LogP contribution < -0.4 is 5.73 Å². The van der Waals surface area contributed by atoms with Gasteiger partial charge in [-0.2, -0.15) is 16.4 Å². The number of thiophene rings is 1. The van der Waals surface area contributed by atoms with Gasteiger partial charge < -0.3 is 5.73 Å². The summed E-state index contributed by atoms with van der Waals surface area (Å²) in [5.74, 6) is 0. The van der Waals surface area contributed by atoms with Crippen molar-refractivity contribution in [1.82, 2.24) is 9.78 Å². The minimum atomic E-state index is -0.189. The normalized spacial score (nSPS) is 13.0. The van der Waals surface area contributed by atoms with Crippen LogP contribution in [0.25, 0.3) is 0 Å². The van der Waals surface area contributed by atoms with E-state index >= 15 is 0 Å². The monoisotopic (exact) mass is 241 g/mol. The number of hydrogen-bond acceptors (Lipinski definition) is 3.